The minimum Gasteiger partial charge on any atom is -0.436 e. The molecule has 0 fully saturated rings. The standard InChI is InChI=1S/C13H10BrClN2O.C2H6/c1-3-5-8(6-4-2)11-10(14)9-12(15)16-7-17-13(9)18-11;1-2/h3-7H,1H2,2H3;1-2H3/b6-4-,8-5+;. The van der Waals surface area contributed by atoms with Crippen LogP contribution < -0.4 is 0 Å². The first-order valence-electron chi connectivity index (χ1n) is 6.23. The van der Waals surface area contributed by atoms with Crippen LogP contribution in [0.25, 0.3) is 16.7 Å². The maximum atomic E-state index is 6.04. The van der Waals surface area contributed by atoms with Crippen LogP contribution in [-0.2, 0) is 0 Å². The van der Waals surface area contributed by atoms with Crippen LogP contribution in [0, 0.1) is 0 Å². The van der Waals surface area contributed by atoms with Crippen molar-refractivity contribution >= 4 is 44.2 Å². The summed E-state index contributed by atoms with van der Waals surface area (Å²) in [5.74, 6) is 0.658. The normalized spacial score (nSPS) is 11.6. The average molecular weight is 356 g/mol. The number of halogens is 2. The summed E-state index contributed by atoms with van der Waals surface area (Å²) in [6, 6.07) is 0. The van der Waals surface area contributed by atoms with Gasteiger partial charge in [-0.25, -0.2) is 9.97 Å². The van der Waals surface area contributed by atoms with Crippen LogP contribution in [-0.4, -0.2) is 9.97 Å². The highest BCUT2D eigenvalue weighted by Gasteiger charge is 2.17. The van der Waals surface area contributed by atoms with Gasteiger partial charge in [0.15, 0.2) is 5.76 Å². The van der Waals surface area contributed by atoms with Crippen molar-refractivity contribution in [2.45, 2.75) is 20.8 Å². The molecule has 2 heterocycles. The van der Waals surface area contributed by atoms with Crippen molar-refractivity contribution in [3.05, 3.63) is 52.6 Å². The molecule has 2 rings (SSSR count). The summed E-state index contributed by atoms with van der Waals surface area (Å²) in [4.78, 5) is 8.00. The van der Waals surface area contributed by atoms with Gasteiger partial charge in [-0.15, -0.1) is 0 Å². The molecule has 2 aromatic rings. The number of furan rings is 1. The van der Waals surface area contributed by atoms with Gasteiger partial charge in [0.1, 0.15) is 11.5 Å². The lowest BCUT2D eigenvalue weighted by molar-refractivity contribution is 0.586. The maximum Gasteiger partial charge on any atom is 0.232 e. The summed E-state index contributed by atoms with van der Waals surface area (Å²) in [6.45, 7) is 9.62. The Hall–Kier alpha value is -1.39. The quantitative estimate of drug-likeness (QED) is 0.515. The van der Waals surface area contributed by atoms with Gasteiger partial charge in [0, 0.05) is 5.57 Å². The number of hydrogen-bond acceptors (Lipinski definition) is 3. The van der Waals surface area contributed by atoms with Crippen molar-refractivity contribution in [2.24, 2.45) is 0 Å². The minimum atomic E-state index is 0.361. The molecule has 106 valence electrons. The Morgan fingerprint density at radius 3 is 2.65 bits per heavy atom. The van der Waals surface area contributed by atoms with E-state index in [1.54, 1.807) is 6.08 Å². The second-order valence-corrected chi connectivity index (χ2v) is 4.60. The van der Waals surface area contributed by atoms with E-state index in [2.05, 4.69) is 32.5 Å². The van der Waals surface area contributed by atoms with Gasteiger partial charge in [-0.1, -0.05) is 56.3 Å². The molecule has 0 aromatic carbocycles. The van der Waals surface area contributed by atoms with Crippen LogP contribution in [0.1, 0.15) is 26.5 Å². The zero-order valence-corrected chi connectivity index (χ0v) is 14.0. The number of fused-ring (bicyclic) bond motifs is 1. The van der Waals surface area contributed by atoms with E-state index in [4.69, 9.17) is 16.0 Å². The van der Waals surface area contributed by atoms with Gasteiger partial charge < -0.3 is 4.42 Å². The monoisotopic (exact) mass is 354 g/mol. The van der Waals surface area contributed by atoms with Crippen LogP contribution in [0.3, 0.4) is 0 Å². The number of nitrogens with zero attached hydrogens (tertiary/aromatic N) is 2. The van der Waals surface area contributed by atoms with E-state index in [0.29, 0.717) is 22.0 Å². The summed E-state index contributed by atoms with van der Waals surface area (Å²) >= 11 is 9.51. The van der Waals surface area contributed by atoms with E-state index in [1.807, 2.05) is 39.0 Å². The predicted molar refractivity (Wildman–Crippen MR) is 88.9 cm³/mol. The summed E-state index contributed by atoms with van der Waals surface area (Å²) in [7, 11) is 0. The molecule has 0 aliphatic carbocycles. The fraction of sp³-hybridized carbons (Fsp3) is 0.200. The molecule has 0 atom stereocenters. The molecule has 20 heavy (non-hydrogen) atoms. The number of hydrogen-bond donors (Lipinski definition) is 0. The van der Waals surface area contributed by atoms with Gasteiger partial charge in [-0.05, 0) is 22.9 Å². The second-order valence-electron chi connectivity index (χ2n) is 3.45. The Labute approximate surface area is 132 Å². The molecule has 0 amide bonds. The largest absolute Gasteiger partial charge is 0.436 e. The van der Waals surface area contributed by atoms with Crippen LogP contribution >= 0.6 is 27.5 Å². The van der Waals surface area contributed by atoms with Gasteiger partial charge in [0.05, 0.1) is 9.86 Å². The van der Waals surface area contributed by atoms with E-state index in [1.165, 1.54) is 6.33 Å². The van der Waals surface area contributed by atoms with Crippen molar-refractivity contribution in [3.63, 3.8) is 0 Å². The third-order valence-corrected chi connectivity index (χ3v) is 3.33. The Balaban J connectivity index is 0.000000956. The molecule has 0 unspecified atom stereocenters. The number of allylic oxidation sites excluding steroid dienone is 5. The summed E-state index contributed by atoms with van der Waals surface area (Å²) in [6.07, 6.45) is 8.76. The molecule has 0 N–H and O–H groups in total. The van der Waals surface area contributed by atoms with Gasteiger partial charge in [0.2, 0.25) is 5.71 Å². The van der Waals surface area contributed by atoms with Crippen LogP contribution in [0.4, 0.5) is 0 Å². The van der Waals surface area contributed by atoms with Crippen molar-refractivity contribution in [2.75, 3.05) is 0 Å². The summed E-state index contributed by atoms with van der Waals surface area (Å²) in [5.41, 5.74) is 1.34. The van der Waals surface area contributed by atoms with Gasteiger partial charge in [-0.2, -0.15) is 0 Å². The molecule has 5 heteroatoms. The van der Waals surface area contributed by atoms with Crippen molar-refractivity contribution in [1.82, 2.24) is 9.97 Å². The zero-order valence-electron chi connectivity index (χ0n) is 11.7. The molecule has 0 saturated heterocycles. The lowest BCUT2D eigenvalue weighted by atomic mass is 10.1. The fourth-order valence-electron chi connectivity index (χ4n) is 1.57. The van der Waals surface area contributed by atoms with Crippen LogP contribution in [0.15, 0.2) is 46.1 Å². The lowest BCUT2D eigenvalue weighted by Gasteiger charge is -1.97. The second kappa shape index (κ2) is 8.02. The molecule has 2 aromatic heterocycles. The Morgan fingerprint density at radius 2 is 2.10 bits per heavy atom. The maximum absolute atomic E-state index is 6.04. The van der Waals surface area contributed by atoms with E-state index >= 15 is 0 Å². The number of aromatic nitrogens is 2. The van der Waals surface area contributed by atoms with Crippen molar-refractivity contribution in [1.29, 1.82) is 0 Å². The Morgan fingerprint density at radius 1 is 1.40 bits per heavy atom. The molecule has 0 aliphatic rings. The molecule has 0 saturated carbocycles. The smallest absolute Gasteiger partial charge is 0.232 e. The molecular weight excluding hydrogens is 340 g/mol. The predicted octanol–water partition coefficient (Wildman–Crippen LogP) is 5.81. The summed E-state index contributed by atoms with van der Waals surface area (Å²) in [5, 5.41) is 1.04. The highest BCUT2D eigenvalue weighted by atomic mass is 79.9. The molecule has 0 bridgehead atoms. The fourth-order valence-corrected chi connectivity index (χ4v) is 2.57. The molecule has 3 nitrogen and oxygen atoms in total. The first kappa shape index (κ1) is 16.7. The number of rotatable bonds is 3. The highest BCUT2D eigenvalue weighted by molar-refractivity contribution is 9.10. The first-order valence-corrected chi connectivity index (χ1v) is 7.40. The van der Waals surface area contributed by atoms with Crippen LogP contribution in [0.5, 0.6) is 0 Å². The zero-order chi connectivity index (χ0) is 15.1. The Bertz CT molecular complexity index is 659. The third-order valence-electron chi connectivity index (χ3n) is 2.29. The van der Waals surface area contributed by atoms with Crippen molar-refractivity contribution < 1.29 is 4.42 Å². The van der Waals surface area contributed by atoms with Crippen LogP contribution in [0.2, 0.25) is 5.15 Å². The summed E-state index contributed by atoms with van der Waals surface area (Å²) < 4.78 is 6.44. The van der Waals surface area contributed by atoms with Gasteiger partial charge in [0.25, 0.3) is 0 Å². The minimum absolute atomic E-state index is 0.361. The molecule has 0 aliphatic heterocycles. The molecule has 0 radical (unpaired) electrons. The topological polar surface area (TPSA) is 38.9 Å². The highest BCUT2D eigenvalue weighted by Crippen LogP contribution is 2.37. The first-order chi connectivity index (χ1) is 9.69. The van der Waals surface area contributed by atoms with Crippen molar-refractivity contribution in [3.8, 4) is 0 Å². The van der Waals surface area contributed by atoms with E-state index < -0.39 is 0 Å². The van der Waals surface area contributed by atoms with Gasteiger partial charge >= 0.3 is 0 Å². The van der Waals surface area contributed by atoms with E-state index in [-0.39, 0.29) is 0 Å². The SMILES string of the molecule is C=C/C=C(\C=C/C)c1oc2ncnc(Cl)c2c1Br.CC. The van der Waals surface area contributed by atoms with E-state index in [9.17, 15) is 0 Å². The van der Waals surface area contributed by atoms with E-state index in [0.717, 1.165) is 10.0 Å². The lowest BCUT2D eigenvalue weighted by Crippen LogP contribution is -1.79. The molecule has 0 spiro atoms. The molecular formula is C15H16BrClN2O. The Kier molecular flexibility index (Phi) is 6.68. The average Bonchev–Trinajstić information content (AvgIpc) is 2.79. The third kappa shape index (κ3) is 3.38. The van der Waals surface area contributed by atoms with Gasteiger partial charge in [-0.3, -0.25) is 0 Å².